The average molecular weight is 508 g/mol. The highest BCUT2D eigenvalue weighted by Crippen LogP contribution is 2.08. The third-order valence-corrected chi connectivity index (χ3v) is 5.30. The van der Waals surface area contributed by atoms with Gasteiger partial charge in [-0.05, 0) is 12.0 Å². The summed E-state index contributed by atoms with van der Waals surface area (Å²) in [5.74, 6) is -5.22. The zero-order chi connectivity index (χ0) is 26.7. The van der Waals surface area contributed by atoms with Gasteiger partial charge in [0, 0.05) is 32.6 Å². The quantitative estimate of drug-likeness (QED) is 0.269. The monoisotopic (exact) mass is 508 g/mol. The van der Waals surface area contributed by atoms with E-state index in [4.69, 9.17) is 14.9 Å². The molecule has 14 nitrogen and oxygen atoms in total. The molecular weight excluding hydrogens is 480 g/mol. The summed E-state index contributed by atoms with van der Waals surface area (Å²) < 4.78 is 5.25. The summed E-state index contributed by atoms with van der Waals surface area (Å²) in [4.78, 5) is 73.0. The number of ether oxygens (including phenoxy) is 1. The Kier molecular flexibility index (Phi) is 10.5. The van der Waals surface area contributed by atoms with Gasteiger partial charge in [0.05, 0.1) is 6.42 Å². The Labute approximate surface area is 205 Å². The van der Waals surface area contributed by atoms with E-state index in [0.717, 1.165) is 5.56 Å². The van der Waals surface area contributed by atoms with E-state index in [1.807, 2.05) is 30.3 Å². The van der Waals surface area contributed by atoms with Crippen molar-refractivity contribution in [1.29, 1.82) is 0 Å². The Bertz CT molecular complexity index is 963. The first-order valence-corrected chi connectivity index (χ1v) is 11.0. The molecule has 0 saturated carbocycles. The number of hydrogen-bond acceptors (Lipinski definition) is 7. The van der Waals surface area contributed by atoms with Gasteiger partial charge in [0.1, 0.15) is 18.7 Å². The second-order valence-corrected chi connectivity index (χ2v) is 7.95. The molecule has 0 unspecified atom stereocenters. The SMILES string of the molecule is O=C(O)CC[C@H](NC(=O)C[C@@H](NC(=O)N1CCN(C(=O)OCc2ccccc2)CC1)C(=O)O)C(=O)O. The van der Waals surface area contributed by atoms with E-state index in [2.05, 4.69) is 10.6 Å². The molecule has 1 aromatic carbocycles. The molecule has 196 valence electrons. The molecule has 0 aliphatic carbocycles. The van der Waals surface area contributed by atoms with Gasteiger partial charge in [0.25, 0.3) is 0 Å². The van der Waals surface area contributed by atoms with Crippen molar-refractivity contribution in [1.82, 2.24) is 20.4 Å². The highest BCUT2D eigenvalue weighted by Gasteiger charge is 2.30. The molecule has 0 bridgehead atoms. The van der Waals surface area contributed by atoms with Crippen LogP contribution in [0.15, 0.2) is 30.3 Å². The molecule has 0 spiro atoms. The summed E-state index contributed by atoms with van der Waals surface area (Å²) >= 11 is 0. The molecule has 1 aliphatic rings. The average Bonchev–Trinajstić information content (AvgIpc) is 2.85. The molecule has 1 heterocycles. The van der Waals surface area contributed by atoms with Crippen molar-refractivity contribution in [2.45, 2.75) is 38.0 Å². The number of urea groups is 1. The van der Waals surface area contributed by atoms with Crippen molar-refractivity contribution < 1.29 is 48.8 Å². The van der Waals surface area contributed by atoms with Gasteiger partial charge in [-0.15, -0.1) is 0 Å². The number of carboxylic acids is 3. The fraction of sp³-hybridized carbons (Fsp3) is 0.455. The van der Waals surface area contributed by atoms with Crippen LogP contribution in [0.25, 0.3) is 0 Å². The Morgan fingerprint density at radius 3 is 1.97 bits per heavy atom. The number of aliphatic carboxylic acids is 3. The largest absolute Gasteiger partial charge is 0.481 e. The molecule has 36 heavy (non-hydrogen) atoms. The number of piperazine rings is 1. The molecule has 1 aromatic rings. The maximum absolute atomic E-state index is 12.5. The molecular formula is C22H28N4O10. The van der Waals surface area contributed by atoms with Crippen LogP contribution in [0.5, 0.6) is 0 Å². The lowest BCUT2D eigenvalue weighted by atomic mass is 10.1. The first-order chi connectivity index (χ1) is 17.1. The Balaban J connectivity index is 1.82. The molecule has 4 amide bonds. The molecule has 0 radical (unpaired) electrons. The molecule has 1 saturated heterocycles. The molecule has 2 rings (SSSR count). The van der Waals surface area contributed by atoms with Gasteiger partial charge >= 0.3 is 30.0 Å². The van der Waals surface area contributed by atoms with E-state index < -0.39 is 67.3 Å². The van der Waals surface area contributed by atoms with Crippen LogP contribution < -0.4 is 10.6 Å². The second kappa shape index (κ2) is 13.5. The number of hydrogen-bond donors (Lipinski definition) is 5. The van der Waals surface area contributed by atoms with Gasteiger partial charge < -0.3 is 40.5 Å². The van der Waals surface area contributed by atoms with E-state index in [1.165, 1.54) is 9.80 Å². The molecule has 1 fully saturated rings. The maximum atomic E-state index is 12.5. The van der Waals surface area contributed by atoms with Gasteiger partial charge in [-0.3, -0.25) is 9.59 Å². The van der Waals surface area contributed by atoms with Gasteiger partial charge in [-0.25, -0.2) is 19.2 Å². The zero-order valence-electron chi connectivity index (χ0n) is 19.3. The second-order valence-electron chi connectivity index (χ2n) is 7.95. The predicted octanol–water partition coefficient (Wildman–Crippen LogP) is -0.0721. The lowest BCUT2D eigenvalue weighted by molar-refractivity contribution is -0.143. The molecule has 0 aromatic heterocycles. The van der Waals surface area contributed by atoms with Crippen molar-refractivity contribution in [3.05, 3.63) is 35.9 Å². The third kappa shape index (κ3) is 9.12. The van der Waals surface area contributed by atoms with E-state index >= 15 is 0 Å². The van der Waals surface area contributed by atoms with E-state index in [9.17, 15) is 33.9 Å². The number of rotatable bonds is 11. The van der Waals surface area contributed by atoms with Crippen molar-refractivity contribution in [3.63, 3.8) is 0 Å². The number of carbonyl (C=O) groups is 6. The topological polar surface area (TPSA) is 203 Å². The van der Waals surface area contributed by atoms with Crippen LogP contribution >= 0.6 is 0 Å². The smallest absolute Gasteiger partial charge is 0.410 e. The van der Waals surface area contributed by atoms with Gasteiger partial charge in [-0.2, -0.15) is 0 Å². The summed E-state index contributed by atoms with van der Waals surface area (Å²) in [5.41, 5.74) is 0.823. The van der Waals surface area contributed by atoms with E-state index in [0.29, 0.717) is 0 Å². The van der Waals surface area contributed by atoms with Crippen molar-refractivity contribution in [2.24, 2.45) is 0 Å². The number of benzene rings is 1. The number of amides is 4. The van der Waals surface area contributed by atoms with Crippen LogP contribution in [0.4, 0.5) is 9.59 Å². The summed E-state index contributed by atoms with van der Waals surface area (Å²) in [6.07, 6.45) is -2.21. The fourth-order valence-corrected chi connectivity index (χ4v) is 3.31. The number of nitrogens with zero attached hydrogens (tertiary/aromatic N) is 2. The van der Waals surface area contributed by atoms with Crippen LogP contribution in [0.1, 0.15) is 24.8 Å². The summed E-state index contributed by atoms with van der Waals surface area (Å²) in [6, 6.07) is 5.16. The minimum absolute atomic E-state index is 0.0983. The summed E-state index contributed by atoms with van der Waals surface area (Å²) in [6.45, 7) is 0.607. The first kappa shape index (κ1) is 27.9. The van der Waals surface area contributed by atoms with Crippen LogP contribution in [0.3, 0.4) is 0 Å². The van der Waals surface area contributed by atoms with Crippen molar-refractivity contribution in [2.75, 3.05) is 26.2 Å². The predicted molar refractivity (Wildman–Crippen MR) is 121 cm³/mol. The van der Waals surface area contributed by atoms with Crippen molar-refractivity contribution >= 4 is 35.9 Å². The van der Waals surface area contributed by atoms with E-state index in [-0.39, 0.29) is 32.8 Å². The third-order valence-electron chi connectivity index (χ3n) is 5.30. The summed E-state index contributed by atoms with van der Waals surface area (Å²) in [5, 5.41) is 31.4. The highest BCUT2D eigenvalue weighted by molar-refractivity contribution is 5.90. The number of carbonyl (C=O) groups excluding carboxylic acids is 3. The summed E-state index contributed by atoms with van der Waals surface area (Å²) in [7, 11) is 0. The van der Waals surface area contributed by atoms with Crippen LogP contribution in [0, 0.1) is 0 Å². The van der Waals surface area contributed by atoms with Crippen LogP contribution in [-0.4, -0.2) is 99.3 Å². The number of carboxylic acid groups (broad SMARTS) is 3. The molecule has 5 N–H and O–H groups in total. The lowest BCUT2D eigenvalue weighted by Gasteiger charge is -2.34. The van der Waals surface area contributed by atoms with E-state index in [1.54, 1.807) is 0 Å². The zero-order valence-corrected chi connectivity index (χ0v) is 19.3. The van der Waals surface area contributed by atoms with Crippen LogP contribution in [-0.2, 0) is 30.5 Å². The Morgan fingerprint density at radius 1 is 0.833 bits per heavy atom. The first-order valence-electron chi connectivity index (χ1n) is 11.0. The lowest BCUT2D eigenvalue weighted by Crippen LogP contribution is -2.56. The normalized spacial score (nSPS) is 14.8. The minimum Gasteiger partial charge on any atom is -0.481 e. The highest BCUT2D eigenvalue weighted by atomic mass is 16.6. The Morgan fingerprint density at radius 2 is 1.42 bits per heavy atom. The number of nitrogens with one attached hydrogen (secondary N) is 2. The van der Waals surface area contributed by atoms with Gasteiger partial charge in [0.15, 0.2) is 0 Å². The minimum atomic E-state index is -1.65. The molecule has 2 atom stereocenters. The van der Waals surface area contributed by atoms with Gasteiger partial charge in [0.2, 0.25) is 5.91 Å². The Hall–Kier alpha value is -4.36. The molecule has 1 aliphatic heterocycles. The standard InChI is InChI=1S/C22H28N4O10/c27-17(23-15(19(30)31)6-7-18(28)29)12-16(20(32)33)24-21(34)25-8-10-26(11-9-25)22(35)36-13-14-4-2-1-3-5-14/h1-5,15-16H,6-13H2,(H,23,27)(H,24,34)(H,28,29)(H,30,31)(H,32,33)/t15-,16+/m0/s1. The molecule has 14 heteroatoms. The van der Waals surface area contributed by atoms with Crippen molar-refractivity contribution in [3.8, 4) is 0 Å². The fourth-order valence-electron chi connectivity index (χ4n) is 3.31. The van der Waals surface area contributed by atoms with Gasteiger partial charge in [-0.1, -0.05) is 30.3 Å². The van der Waals surface area contributed by atoms with Crippen LogP contribution in [0.2, 0.25) is 0 Å². The maximum Gasteiger partial charge on any atom is 0.410 e.